The molecule has 0 saturated carbocycles. The van der Waals surface area contributed by atoms with Crippen LogP contribution >= 0.6 is 0 Å². The third kappa shape index (κ3) is 6.15. The zero-order chi connectivity index (χ0) is 27.3. The number of benzene rings is 4. The first-order chi connectivity index (χ1) is 18.2. The highest BCUT2D eigenvalue weighted by Crippen LogP contribution is 2.35. The van der Waals surface area contributed by atoms with Crippen molar-refractivity contribution < 1.29 is 17.9 Å². The maximum atomic E-state index is 14.0. The van der Waals surface area contributed by atoms with E-state index in [2.05, 4.69) is 4.72 Å². The van der Waals surface area contributed by atoms with Gasteiger partial charge in [-0.3, -0.25) is 0 Å². The summed E-state index contributed by atoms with van der Waals surface area (Å²) in [5.41, 5.74) is 5.87. The van der Waals surface area contributed by atoms with E-state index in [4.69, 9.17) is 9.47 Å². The van der Waals surface area contributed by atoms with E-state index in [9.17, 15) is 8.42 Å². The molecule has 0 saturated heterocycles. The van der Waals surface area contributed by atoms with Crippen molar-refractivity contribution in [2.45, 2.75) is 31.7 Å². The molecule has 0 heterocycles. The topological polar surface area (TPSA) is 64.6 Å². The summed E-state index contributed by atoms with van der Waals surface area (Å²) in [6, 6.07) is 28.1. The molecular formula is C32H33NO4S. The first-order valence-corrected chi connectivity index (χ1v) is 13.9. The van der Waals surface area contributed by atoms with Gasteiger partial charge in [0, 0.05) is 0 Å². The monoisotopic (exact) mass is 527 g/mol. The number of aryl methyl sites for hydroxylation is 3. The maximum Gasteiger partial charge on any atom is 0.241 e. The maximum absolute atomic E-state index is 14.0. The summed E-state index contributed by atoms with van der Waals surface area (Å²) >= 11 is 0. The van der Waals surface area contributed by atoms with Gasteiger partial charge in [-0.05, 0) is 84.5 Å². The fraction of sp³-hybridized carbons (Fsp3) is 0.188. The molecule has 0 amide bonds. The Labute approximate surface area is 225 Å². The smallest absolute Gasteiger partial charge is 0.241 e. The Morgan fingerprint density at radius 2 is 1.29 bits per heavy atom. The average Bonchev–Trinajstić information content (AvgIpc) is 2.91. The van der Waals surface area contributed by atoms with Gasteiger partial charge in [0.2, 0.25) is 10.0 Å². The van der Waals surface area contributed by atoms with Crippen LogP contribution < -0.4 is 14.2 Å². The Bertz CT molecular complexity index is 1500. The Morgan fingerprint density at radius 3 is 1.82 bits per heavy atom. The molecule has 0 bridgehead atoms. The van der Waals surface area contributed by atoms with Crippen molar-refractivity contribution in [3.05, 3.63) is 124 Å². The van der Waals surface area contributed by atoms with Crippen LogP contribution in [0.25, 0.3) is 11.6 Å². The summed E-state index contributed by atoms with van der Waals surface area (Å²) in [6.07, 6.45) is 2.01. The minimum absolute atomic E-state index is 0.308. The van der Waals surface area contributed by atoms with E-state index in [1.165, 1.54) is 0 Å². The SMILES string of the molecule is COc1ccc(/C=C(\c2ccc(OC)cc2)C(NS(=O)(=O)c2c(C)cc(C)cc2C)c2ccccc2)cc1. The predicted molar refractivity (Wildman–Crippen MR) is 154 cm³/mol. The molecule has 1 N–H and O–H groups in total. The Morgan fingerprint density at radius 1 is 0.763 bits per heavy atom. The molecule has 1 unspecified atom stereocenters. The number of rotatable bonds is 9. The molecule has 38 heavy (non-hydrogen) atoms. The highest BCUT2D eigenvalue weighted by atomic mass is 32.2. The lowest BCUT2D eigenvalue weighted by atomic mass is 9.91. The highest BCUT2D eigenvalue weighted by molar-refractivity contribution is 7.89. The molecular weight excluding hydrogens is 494 g/mol. The lowest BCUT2D eigenvalue weighted by molar-refractivity contribution is 0.414. The van der Waals surface area contributed by atoms with E-state index in [1.807, 2.05) is 118 Å². The van der Waals surface area contributed by atoms with E-state index in [-0.39, 0.29) is 0 Å². The summed E-state index contributed by atoms with van der Waals surface area (Å²) in [6.45, 7) is 5.64. The second kappa shape index (κ2) is 11.7. The van der Waals surface area contributed by atoms with Crippen molar-refractivity contribution in [1.29, 1.82) is 0 Å². The molecule has 1 atom stereocenters. The van der Waals surface area contributed by atoms with Gasteiger partial charge in [-0.1, -0.05) is 72.3 Å². The Kier molecular flexibility index (Phi) is 8.35. The largest absolute Gasteiger partial charge is 0.497 e. The van der Waals surface area contributed by atoms with Crippen molar-refractivity contribution in [3.8, 4) is 11.5 Å². The van der Waals surface area contributed by atoms with Gasteiger partial charge < -0.3 is 9.47 Å². The predicted octanol–water partition coefficient (Wildman–Crippen LogP) is 6.89. The second-order valence-corrected chi connectivity index (χ2v) is 10.9. The standard InChI is InChI=1S/C32H33NO4S/c1-22-19-23(2)32(24(3)20-22)38(34,35)33-31(27-9-7-6-8-10-27)30(26-13-17-29(37-5)18-14-26)21-25-11-15-28(36-4)16-12-25/h6-21,31,33H,1-5H3/b30-21+. The van der Waals surface area contributed by atoms with Crippen molar-refractivity contribution in [2.75, 3.05) is 14.2 Å². The first-order valence-electron chi connectivity index (χ1n) is 12.4. The number of hydrogen-bond acceptors (Lipinski definition) is 4. The lowest BCUT2D eigenvalue weighted by Gasteiger charge is -2.25. The zero-order valence-electron chi connectivity index (χ0n) is 22.4. The number of hydrogen-bond donors (Lipinski definition) is 1. The molecule has 4 aromatic carbocycles. The molecule has 0 aliphatic carbocycles. The Balaban J connectivity index is 1.90. The van der Waals surface area contributed by atoms with Crippen LogP contribution in [0, 0.1) is 20.8 Å². The Hall–Kier alpha value is -3.87. The molecule has 0 radical (unpaired) electrons. The van der Waals surface area contributed by atoms with E-state index in [0.717, 1.165) is 39.3 Å². The number of methoxy groups -OCH3 is 2. The van der Waals surface area contributed by atoms with Crippen LogP contribution in [-0.2, 0) is 10.0 Å². The van der Waals surface area contributed by atoms with E-state index < -0.39 is 16.1 Å². The van der Waals surface area contributed by atoms with Crippen LogP contribution in [0.3, 0.4) is 0 Å². The van der Waals surface area contributed by atoms with Crippen molar-refractivity contribution >= 4 is 21.7 Å². The minimum atomic E-state index is -3.89. The highest BCUT2D eigenvalue weighted by Gasteiger charge is 2.28. The van der Waals surface area contributed by atoms with Crippen molar-refractivity contribution in [3.63, 3.8) is 0 Å². The van der Waals surface area contributed by atoms with Crippen LogP contribution in [0.15, 0.2) is 95.9 Å². The van der Waals surface area contributed by atoms with E-state index in [1.54, 1.807) is 14.2 Å². The van der Waals surface area contributed by atoms with Crippen LogP contribution in [0.2, 0.25) is 0 Å². The zero-order valence-corrected chi connectivity index (χ0v) is 23.2. The van der Waals surface area contributed by atoms with E-state index >= 15 is 0 Å². The van der Waals surface area contributed by atoms with Gasteiger partial charge in [-0.15, -0.1) is 0 Å². The first kappa shape index (κ1) is 27.2. The number of ether oxygens (including phenoxy) is 2. The molecule has 6 heteroatoms. The van der Waals surface area contributed by atoms with Crippen LogP contribution in [0.1, 0.15) is 39.4 Å². The second-order valence-electron chi connectivity index (χ2n) is 9.29. The number of nitrogens with one attached hydrogen (secondary N) is 1. The molecule has 196 valence electrons. The average molecular weight is 528 g/mol. The summed E-state index contributed by atoms with van der Waals surface area (Å²) in [4.78, 5) is 0.308. The third-order valence-corrected chi connectivity index (χ3v) is 8.18. The fourth-order valence-corrected chi connectivity index (χ4v) is 6.41. The van der Waals surface area contributed by atoms with Gasteiger partial charge in [-0.2, -0.15) is 4.72 Å². The van der Waals surface area contributed by atoms with Crippen molar-refractivity contribution in [2.24, 2.45) is 0 Å². The quantitative estimate of drug-likeness (QED) is 0.241. The van der Waals surface area contributed by atoms with Gasteiger partial charge in [0.25, 0.3) is 0 Å². The molecule has 0 aliphatic rings. The normalized spacial score (nSPS) is 12.7. The van der Waals surface area contributed by atoms with Gasteiger partial charge >= 0.3 is 0 Å². The lowest BCUT2D eigenvalue weighted by Crippen LogP contribution is -2.30. The van der Waals surface area contributed by atoms with Gasteiger partial charge in [0.15, 0.2) is 0 Å². The van der Waals surface area contributed by atoms with Gasteiger partial charge in [0.1, 0.15) is 11.5 Å². The van der Waals surface area contributed by atoms with Crippen LogP contribution in [-0.4, -0.2) is 22.6 Å². The molecule has 0 fully saturated rings. The van der Waals surface area contributed by atoms with Gasteiger partial charge in [0.05, 0.1) is 25.2 Å². The number of sulfonamides is 1. The summed E-state index contributed by atoms with van der Waals surface area (Å²) in [5, 5.41) is 0. The molecule has 4 aromatic rings. The minimum Gasteiger partial charge on any atom is -0.497 e. The van der Waals surface area contributed by atoms with Gasteiger partial charge in [-0.25, -0.2) is 8.42 Å². The van der Waals surface area contributed by atoms with Crippen molar-refractivity contribution in [1.82, 2.24) is 4.72 Å². The molecule has 0 aliphatic heterocycles. The molecule has 0 aromatic heterocycles. The molecule has 5 nitrogen and oxygen atoms in total. The van der Waals surface area contributed by atoms with Crippen LogP contribution in [0.5, 0.6) is 11.5 Å². The summed E-state index contributed by atoms with van der Waals surface area (Å²) < 4.78 is 41.7. The fourth-order valence-electron chi connectivity index (χ4n) is 4.76. The molecule has 4 rings (SSSR count). The van der Waals surface area contributed by atoms with Crippen LogP contribution in [0.4, 0.5) is 0 Å². The molecule has 0 spiro atoms. The van der Waals surface area contributed by atoms with E-state index in [0.29, 0.717) is 16.0 Å². The summed E-state index contributed by atoms with van der Waals surface area (Å²) in [5.74, 6) is 1.47. The summed E-state index contributed by atoms with van der Waals surface area (Å²) in [7, 11) is -0.641. The third-order valence-electron chi connectivity index (χ3n) is 6.45.